The third-order valence-electron chi connectivity index (χ3n) is 4.62. The molecule has 0 aliphatic rings. The summed E-state index contributed by atoms with van der Waals surface area (Å²) in [5.41, 5.74) is 4.13. The van der Waals surface area contributed by atoms with E-state index in [0.717, 1.165) is 22.4 Å². The predicted molar refractivity (Wildman–Crippen MR) is 123 cm³/mol. The topological polar surface area (TPSA) is 78.3 Å². The molecule has 0 saturated heterocycles. The number of rotatable bonds is 9. The SMILES string of the molecule is CCn1c(COc2ccc(C)cc2OC)nnc1SCC(=O)Nc1cc(C)cc(C)c1. The van der Waals surface area contributed by atoms with E-state index in [9.17, 15) is 4.79 Å². The Bertz CT molecular complexity index is 1040. The predicted octanol–water partition coefficient (Wildman–Crippen LogP) is 4.54. The van der Waals surface area contributed by atoms with Crippen LogP contribution in [-0.2, 0) is 17.9 Å². The largest absolute Gasteiger partial charge is 0.493 e. The number of aromatic nitrogens is 3. The molecule has 1 N–H and O–H groups in total. The maximum Gasteiger partial charge on any atom is 0.234 e. The molecule has 0 atom stereocenters. The summed E-state index contributed by atoms with van der Waals surface area (Å²) in [7, 11) is 1.62. The molecule has 0 saturated carbocycles. The van der Waals surface area contributed by atoms with Crippen molar-refractivity contribution in [3.63, 3.8) is 0 Å². The number of nitrogens with zero attached hydrogens (tertiary/aromatic N) is 3. The second-order valence-electron chi connectivity index (χ2n) is 7.30. The maximum absolute atomic E-state index is 12.4. The van der Waals surface area contributed by atoms with E-state index < -0.39 is 0 Å². The van der Waals surface area contributed by atoms with Crippen LogP contribution in [0.2, 0.25) is 0 Å². The van der Waals surface area contributed by atoms with Crippen LogP contribution in [0.1, 0.15) is 29.4 Å². The summed E-state index contributed by atoms with van der Waals surface area (Å²) in [5.74, 6) is 2.20. The van der Waals surface area contributed by atoms with Gasteiger partial charge in [-0.2, -0.15) is 0 Å². The smallest absolute Gasteiger partial charge is 0.234 e. The second-order valence-corrected chi connectivity index (χ2v) is 8.24. The van der Waals surface area contributed by atoms with Crippen molar-refractivity contribution < 1.29 is 14.3 Å². The molecule has 0 unspecified atom stereocenters. The summed E-state index contributed by atoms with van der Waals surface area (Å²) in [4.78, 5) is 12.4. The lowest BCUT2D eigenvalue weighted by Crippen LogP contribution is -2.15. The molecule has 164 valence electrons. The number of thioether (sulfide) groups is 1. The molecule has 0 spiro atoms. The zero-order valence-corrected chi connectivity index (χ0v) is 19.4. The quantitative estimate of drug-likeness (QED) is 0.492. The van der Waals surface area contributed by atoms with Crippen molar-refractivity contribution in [2.45, 2.75) is 46.0 Å². The zero-order valence-electron chi connectivity index (χ0n) is 18.6. The van der Waals surface area contributed by atoms with Crippen molar-refractivity contribution in [2.24, 2.45) is 0 Å². The first kappa shape index (κ1) is 22.7. The number of hydrogen-bond acceptors (Lipinski definition) is 6. The number of hydrogen-bond donors (Lipinski definition) is 1. The van der Waals surface area contributed by atoms with Crippen LogP contribution in [0.3, 0.4) is 0 Å². The molecule has 8 heteroatoms. The van der Waals surface area contributed by atoms with Crippen molar-refractivity contribution in [1.29, 1.82) is 0 Å². The van der Waals surface area contributed by atoms with Gasteiger partial charge < -0.3 is 19.4 Å². The number of carbonyl (C=O) groups is 1. The van der Waals surface area contributed by atoms with Crippen molar-refractivity contribution in [3.8, 4) is 11.5 Å². The standard InChI is InChI=1S/C23H28N4O3S/c1-6-27-21(13-30-19-8-7-15(2)12-20(19)29-5)25-26-23(27)31-14-22(28)24-18-10-16(3)9-17(4)11-18/h7-12H,6,13-14H2,1-5H3,(H,24,28). The van der Waals surface area contributed by atoms with E-state index in [0.29, 0.717) is 29.0 Å². The molecule has 0 aliphatic heterocycles. The Hall–Kier alpha value is -3.00. The van der Waals surface area contributed by atoms with E-state index in [-0.39, 0.29) is 18.3 Å². The number of anilines is 1. The number of benzene rings is 2. The Morgan fingerprint density at radius 3 is 2.45 bits per heavy atom. The van der Waals surface area contributed by atoms with Crippen LogP contribution in [0.4, 0.5) is 5.69 Å². The minimum absolute atomic E-state index is 0.0807. The minimum atomic E-state index is -0.0807. The molecule has 31 heavy (non-hydrogen) atoms. The van der Waals surface area contributed by atoms with Crippen LogP contribution in [0.25, 0.3) is 0 Å². The third-order valence-corrected chi connectivity index (χ3v) is 5.59. The van der Waals surface area contributed by atoms with Gasteiger partial charge in [-0.15, -0.1) is 10.2 Å². The first-order chi connectivity index (χ1) is 14.9. The maximum atomic E-state index is 12.4. The zero-order chi connectivity index (χ0) is 22.4. The van der Waals surface area contributed by atoms with Gasteiger partial charge in [-0.25, -0.2) is 0 Å². The molecule has 3 aromatic rings. The molecule has 7 nitrogen and oxygen atoms in total. The Balaban J connectivity index is 1.61. The number of aryl methyl sites for hydroxylation is 3. The van der Waals surface area contributed by atoms with Gasteiger partial charge in [0.25, 0.3) is 0 Å². The fourth-order valence-electron chi connectivity index (χ4n) is 3.26. The summed E-state index contributed by atoms with van der Waals surface area (Å²) < 4.78 is 13.3. The van der Waals surface area contributed by atoms with Crippen LogP contribution in [0.5, 0.6) is 11.5 Å². The monoisotopic (exact) mass is 440 g/mol. The lowest BCUT2D eigenvalue weighted by molar-refractivity contribution is -0.113. The van der Waals surface area contributed by atoms with Crippen LogP contribution in [0, 0.1) is 20.8 Å². The number of amides is 1. The summed E-state index contributed by atoms with van der Waals surface area (Å²) in [6.07, 6.45) is 0. The summed E-state index contributed by atoms with van der Waals surface area (Å²) in [6, 6.07) is 11.8. The molecule has 1 heterocycles. The van der Waals surface area contributed by atoms with Crippen LogP contribution in [-0.4, -0.2) is 33.5 Å². The average Bonchev–Trinajstić information content (AvgIpc) is 3.12. The van der Waals surface area contributed by atoms with Gasteiger partial charge in [-0.3, -0.25) is 4.79 Å². The van der Waals surface area contributed by atoms with E-state index >= 15 is 0 Å². The van der Waals surface area contributed by atoms with Gasteiger partial charge in [0, 0.05) is 12.2 Å². The number of ether oxygens (including phenoxy) is 2. The minimum Gasteiger partial charge on any atom is -0.493 e. The van der Waals surface area contributed by atoms with Gasteiger partial charge in [0.2, 0.25) is 5.91 Å². The van der Waals surface area contributed by atoms with Gasteiger partial charge in [0.1, 0.15) is 6.61 Å². The van der Waals surface area contributed by atoms with Crippen molar-refractivity contribution in [2.75, 3.05) is 18.2 Å². The number of methoxy groups -OCH3 is 1. The van der Waals surface area contributed by atoms with Crippen molar-refractivity contribution in [3.05, 3.63) is 58.9 Å². The van der Waals surface area contributed by atoms with Crippen LogP contribution >= 0.6 is 11.8 Å². The third kappa shape index (κ3) is 6.01. The first-order valence-electron chi connectivity index (χ1n) is 10.1. The van der Waals surface area contributed by atoms with Crippen molar-refractivity contribution >= 4 is 23.4 Å². The first-order valence-corrected chi connectivity index (χ1v) is 11.1. The van der Waals surface area contributed by atoms with Gasteiger partial charge in [0.05, 0.1) is 12.9 Å². The van der Waals surface area contributed by atoms with E-state index in [1.165, 1.54) is 11.8 Å². The highest BCUT2D eigenvalue weighted by atomic mass is 32.2. The molecule has 0 fully saturated rings. The fraction of sp³-hybridized carbons (Fsp3) is 0.348. The molecule has 1 amide bonds. The van der Waals surface area contributed by atoms with E-state index in [1.807, 2.05) is 62.6 Å². The second kappa shape index (κ2) is 10.3. The lowest BCUT2D eigenvalue weighted by atomic mass is 10.1. The Kier molecular flexibility index (Phi) is 7.57. The Morgan fingerprint density at radius 2 is 1.77 bits per heavy atom. The molecular formula is C23H28N4O3S. The average molecular weight is 441 g/mol. The molecule has 1 aromatic heterocycles. The lowest BCUT2D eigenvalue weighted by Gasteiger charge is -2.12. The van der Waals surface area contributed by atoms with E-state index in [4.69, 9.17) is 9.47 Å². The highest BCUT2D eigenvalue weighted by Gasteiger charge is 2.15. The van der Waals surface area contributed by atoms with Gasteiger partial charge >= 0.3 is 0 Å². The molecule has 0 aliphatic carbocycles. The molecule has 0 bridgehead atoms. The van der Waals surface area contributed by atoms with Crippen molar-refractivity contribution in [1.82, 2.24) is 14.8 Å². The highest BCUT2D eigenvalue weighted by Crippen LogP contribution is 2.28. The molecule has 0 radical (unpaired) electrons. The van der Waals surface area contributed by atoms with Crippen LogP contribution < -0.4 is 14.8 Å². The summed E-state index contributed by atoms with van der Waals surface area (Å²) in [6.45, 7) is 8.97. The van der Waals surface area contributed by atoms with Gasteiger partial charge in [0.15, 0.2) is 22.5 Å². The van der Waals surface area contributed by atoms with Crippen LogP contribution in [0.15, 0.2) is 41.6 Å². The number of carbonyl (C=O) groups excluding carboxylic acids is 1. The summed E-state index contributed by atoms with van der Waals surface area (Å²) >= 11 is 1.36. The molecular weight excluding hydrogens is 412 g/mol. The van der Waals surface area contributed by atoms with Gasteiger partial charge in [-0.1, -0.05) is 23.9 Å². The Morgan fingerprint density at radius 1 is 1.03 bits per heavy atom. The number of nitrogens with one attached hydrogen (secondary N) is 1. The fourth-order valence-corrected chi connectivity index (χ4v) is 4.08. The van der Waals surface area contributed by atoms with E-state index in [1.54, 1.807) is 7.11 Å². The van der Waals surface area contributed by atoms with Gasteiger partial charge in [-0.05, 0) is 68.7 Å². The van der Waals surface area contributed by atoms with E-state index in [2.05, 4.69) is 21.6 Å². The normalized spacial score (nSPS) is 10.7. The Labute approximate surface area is 187 Å². The highest BCUT2D eigenvalue weighted by molar-refractivity contribution is 7.99. The molecule has 2 aromatic carbocycles. The summed E-state index contributed by atoms with van der Waals surface area (Å²) in [5, 5.41) is 12.1. The molecule has 3 rings (SSSR count).